The lowest BCUT2D eigenvalue weighted by atomic mass is 10.2. The lowest BCUT2D eigenvalue weighted by Crippen LogP contribution is -2.46. The molecule has 0 aliphatic rings. The normalized spacial score (nSPS) is 11.8. The van der Waals surface area contributed by atoms with Crippen molar-refractivity contribution < 1.29 is 9.59 Å². The molecule has 2 amide bonds. The minimum absolute atomic E-state index is 0.106. The smallest absolute Gasteiger partial charge is 0.251 e. The summed E-state index contributed by atoms with van der Waals surface area (Å²) in [5.41, 5.74) is 0.533. The van der Waals surface area contributed by atoms with Gasteiger partial charge in [0.25, 0.3) is 5.91 Å². The average molecular weight is 342 g/mol. The van der Waals surface area contributed by atoms with E-state index in [4.69, 9.17) is 0 Å². The van der Waals surface area contributed by atoms with Crippen LogP contribution in [0.25, 0.3) is 0 Å². The van der Waals surface area contributed by atoms with Gasteiger partial charge in [0.15, 0.2) is 0 Å². The summed E-state index contributed by atoms with van der Waals surface area (Å²) in [6.07, 6.45) is 0. The van der Waals surface area contributed by atoms with Crippen molar-refractivity contribution in [2.24, 2.45) is 0 Å². The van der Waals surface area contributed by atoms with E-state index >= 15 is 0 Å². The Balaban J connectivity index is 2.56. The highest BCUT2D eigenvalue weighted by Gasteiger charge is 2.19. The Morgan fingerprint density at radius 3 is 2.45 bits per heavy atom. The SMILES string of the molecule is CNCCN(C)C(=O)C(C)NC(=O)c1ccc(Br)cc1. The van der Waals surface area contributed by atoms with Gasteiger partial charge in [0.2, 0.25) is 5.91 Å². The van der Waals surface area contributed by atoms with Gasteiger partial charge in [-0.2, -0.15) is 0 Å². The second kappa shape index (κ2) is 8.01. The summed E-state index contributed by atoms with van der Waals surface area (Å²) in [5.74, 6) is -0.355. The fourth-order valence-corrected chi connectivity index (χ4v) is 1.93. The van der Waals surface area contributed by atoms with E-state index in [1.165, 1.54) is 0 Å². The topological polar surface area (TPSA) is 61.4 Å². The van der Waals surface area contributed by atoms with E-state index < -0.39 is 6.04 Å². The van der Waals surface area contributed by atoms with Crippen LogP contribution in [0, 0.1) is 0 Å². The maximum atomic E-state index is 12.0. The number of nitrogens with one attached hydrogen (secondary N) is 2. The van der Waals surface area contributed by atoms with Gasteiger partial charge in [-0.3, -0.25) is 9.59 Å². The summed E-state index contributed by atoms with van der Waals surface area (Å²) >= 11 is 3.31. The number of rotatable bonds is 6. The Hall–Kier alpha value is -1.40. The minimum atomic E-state index is -0.548. The molecule has 0 spiro atoms. The number of hydrogen-bond acceptors (Lipinski definition) is 3. The van der Waals surface area contributed by atoms with Gasteiger partial charge < -0.3 is 15.5 Å². The molecular formula is C14H20BrN3O2. The molecule has 20 heavy (non-hydrogen) atoms. The first-order chi connectivity index (χ1) is 9.45. The van der Waals surface area contributed by atoms with Gasteiger partial charge in [-0.15, -0.1) is 0 Å². The quantitative estimate of drug-likeness (QED) is 0.818. The van der Waals surface area contributed by atoms with Crippen LogP contribution in [0.2, 0.25) is 0 Å². The highest BCUT2D eigenvalue weighted by Crippen LogP contribution is 2.10. The van der Waals surface area contributed by atoms with Gasteiger partial charge in [-0.05, 0) is 38.2 Å². The number of halogens is 1. The Morgan fingerprint density at radius 2 is 1.90 bits per heavy atom. The molecule has 5 nitrogen and oxygen atoms in total. The third-order valence-corrected chi connectivity index (χ3v) is 3.43. The molecule has 6 heteroatoms. The van der Waals surface area contributed by atoms with E-state index in [9.17, 15) is 9.59 Å². The largest absolute Gasteiger partial charge is 0.343 e. The summed E-state index contributed by atoms with van der Waals surface area (Å²) in [6.45, 7) is 3.01. The zero-order valence-electron chi connectivity index (χ0n) is 11.9. The number of nitrogens with zero attached hydrogens (tertiary/aromatic N) is 1. The van der Waals surface area contributed by atoms with Gasteiger partial charge >= 0.3 is 0 Å². The number of benzene rings is 1. The van der Waals surface area contributed by atoms with Gasteiger partial charge in [-0.1, -0.05) is 15.9 Å². The van der Waals surface area contributed by atoms with E-state index in [0.29, 0.717) is 12.1 Å². The van der Waals surface area contributed by atoms with Crippen molar-refractivity contribution in [1.82, 2.24) is 15.5 Å². The van der Waals surface area contributed by atoms with Gasteiger partial charge in [0, 0.05) is 30.2 Å². The van der Waals surface area contributed by atoms with Crippen molar-refractivity contribution in [3.05, 3.63) is 34.3 Å². The second-order valence-electron chi connectivity index (χ2n) is 4.57. The van der Waals surface area contributed by atoms with E-state index in [2.05, 4.69) is 26.6 Å². The lowest BCUT2D eigenvalue weighted by Gasteiger charge is -2.22. The van der Waals surface area contributed by atoms with Crippen LogP contribution in [-0.2, 0) is 4.79 Å². The van der Waals surface area contributed by atoms with Crippen molar-refractivity contribution in [2.45, 2.75) is 13.0 Å². The lowest BCUT2D eigenvalue weighted by molar-refractivity contribution is -0.131. The highest BCUT2D eigenvalue weighted by atomic mass is 79.9. The molecule has 110 valence electrons. The highest BCUT2D eigenvalue weighted by molar-refractivity contribution is 9.10. The molecule has 2 N–H and O–H groups in total. The third kappa shape index (κ3) is 4.94. The number of likely N-dealkylation sites (N-methyl/N-ethyl adjacent to an activating group) is 2. The van der Waals surface area contributed by atoms with Crippen LogP contribution in [0.15, 0.2) is 28.7 Å². The van der Waals surface area contributed by atoms with E-state index in [1.54, 1.807) is 43.1 Å². The first kappa shape index (κ1) is 16.7. The number of amides is 2. The Kier molecular flexibility index (Phi) is 6.67. The Morgan fingerprint density at radius 1 is 1.30 bits per heavy atom. The number of carbonyl (C=O) groups is 2. The summed E-state index contributed by atoms with van der Waals surface area (Å²) in [7, 11) is 3.55. The fraction of sp³-hybridized carbons (Fsp3) is 0.429. The van der Waals surface area contributed by atoms with Crippen LogP contribution in [0.3, 0.4) is 0 Å². The van der Waals surface area contributed by atoms with Crippen molar-refractivity contribution in [3.63, 3.8) is 0 Å². The minimum Gasteiger partial charge on any atom is -0.343 e. The standard InChI is InChI=1S/C14H20BrN3O2/c1-10(14(20)18(3)9-8-16-2)17-13(19)11-4-6-12(15)7-5-11/h4-7,10,16H,8-9H2,1-3H3,(H,17,19). The van der Waals surface area contributed by atoms with Crippen molar-refractivity contribution in [2.75, 3.05) is 27.2 Å². The Labute approximate surface area is 127 Å². The number of hydrogen-bond donors (Lipinski definition) is 2. The molecule has 0 radical (unpaired) electrons. The predicted octanol–water partition coefficient (Wildman–Crippen LogP) is 1.25. The van der Waals surface area contributed by atoms with Crippen LogP contribution in [0.4, 0.5) is 0 Å². The molecule has 0 saturated heterocycles. The van der Waals surface area contributed by atoms with Gasteiger partial charge in [0.05, 0.1) is 0 Å². The second-order valence-corrected chi connectivity index (χ2v) is 5.48. The molecular weight excluding hydrogens is 322 g/mol. The van der Waals surface area contributed by atoms with E-state index in [1.807, 2.05) is 7.05 Å². The maximum Gasteiger partial charge on any atom is 0.251 e. The average Bonchev–Trinajstić information content (AvgIpc) is 2.44. The van der Waals surface area contributed by atoms with Crippen LogP contribution < -0.4 is 10.6 Å². The first-order valence-corrected chi connectivity index (χ1v) is 7.21. The van der Waals surface area contributed by atoms with Crippen LogP contribution in [0.1, 0.15) is 17.3 Å². The third-order valence-electron chi connectivity index (χ3n) is 2.90. The summed E-state index contributed by atoms with van der Waals surface area (Å²) in [6, 6.07) is 6.46. The molecule has 1 aromatic carbocycles. The molecule has 0 saturated carbocycles. The predicted molar refractivity (Wildman–Crippen MR) is 82.6 cm³/mol. The molecule has 0 heterocycles. The first-order valence-electron chi connectivity index (χ1n) is 6.41. The summed E-state index contributed by atoms with van der Waals surface area (Å²) < 4.78 is 0.907. The molecule has 0 aliphatic carbocycles. The molecule has 0 bridgehead atoms. The van der Waals surface area contributed by atoms with Gasteiger partial charge in [0.1, 0.15) is 6.04 Å². The molecule has 1 atom stereocenters. The zero-order chi connectivity index (χ0) is 15.1. The molecule has 0 aliphatic heterocycles. The molecule has 0 fully saturated rings. The van der Waals surface area contributed by atoms with Crippen LogP contribution in [0.5, 0.6) is 0 Å². The van der Waals surface area contributed by atoms with Crippen LogP contribution in [-0.4, -0.2) is 49.9 Å². The van der Waals surface area contributed by atoms with Gasteiger partial charge in [-0.25, -0.2) is 0 Å². The zero-order valence-corrected chi connectivity index (χ0v) is 13.5. The van der Waals surface area contributed by atoms with Crippen molar-refractivity contribution in [1.29, 1.82) is 0 Å². The molecule has 1 rings (SSSR count). The monoisotopic (exact) mass is 341 g/mol. The van der Waals surface area contributed by atoms with E-state index in [-0.39, 0.29) is 11.8 Å². The van der Waals surface area contributed by atoms with Crippen molar-refractivity contribution >= 4 is 27.7 Å². The summed E-state index contributed by atoms with van der Waals surface area (Å²) in [4.78, 5) is 25.6. The van der Waals surface area contributed by atoms with E-state index in [0.717, 1.165) is 11.0 Å². The molecule has 1 unspecified atom stereocenters. The summed E-state index contributed by atoms with van der Waals surface area (Å²) in [5, 5.41) is 5.69. The maximum absolute atomic E-state index is 12.0. The molecule has 1 aromatic rings. The Bertz CT molecular complexity index is 462. The fourth-order valence-electron chi connectivity index (χ4n) is 1.66. The number of carbonyl (C=O) groups excluding carboxylic acids is 2. The van der Waals surface area contributed by atoms with Crippen molar-refractivity contribution in [3.8, 4) is 0 Å². The molecule has 0 aromatic heterocycles. The van der Waals surface area contributed by atoms with Crippen LogP contribution >= 0.6 is 15.9 Å².